The molecular weight excluding hydrogens is 511 g/mol. The van der Waals surface area contributed by atoms with Gasteiger partial charge in [0.1, 0.15) is 5.75 Å². The van der Waals surface area contributed by atoms with Gasteiger partial charge in [-0.05, 0) is 54.8 Å². The molecule has 36 heavy (non-hydrogen) atoms. The molecule has 0 spiro atoms. The minimum Gasteiger partial charge on any atom is -0.406 e. The lowest BCUT2D eigenvalue weighted by Crippen LogP contribution is -2.24. The van der Waals surface area contributed by atoms with Crippen LogP contribution in [0.5, 0.6) is 5.75 Å². The molecule has 0 bridgehead atoms. The fourth-order valence-electron chi connectivity index (χ4n) is 3.68. The first-order chi connectivity index (χ1) is 17.2. The molecule has 0 fully saturated rings. The van der Waals surface area contributed by atoms with E-state index in [0.29, 0.717) is 33.5 Å². The molecule has 0 aliphatic carbocycles. The van der Waals surface area contributed by atoms with Crippen LogP contribution in [0.3, 0.4) is 0 Å². The zero-order valence-corrected chi connectivity index (χ0v) is 21.1. The number of nitrogens with zero attached hydrogens (tertiary/aromatic N) is 2. The number of carbonyl (C=O) groups excluding carboxylic acids is 1. The summed E-state index contributed by atoms with van der Waals surface area (Å²) in [5.41, 5.74) is 2.58. The number of fused-ring (bicyclic) bond motifs is 1. The van der Waals surface area contributed by atoms with E-state index in [1.165, 1.54) is 34.0 Å². The van der Waals surface area contributed by atoms with Crippen molar-refractivity contribution in [2.75, 3.05) is 16.8 Å². The Morgan fingerprint density at radius 1 is 1.17 bits per heavy atom. The van der Waals surface area contributed by atoms with E-state index in [4.69, 9.17) is 0 Å². The molecule has 0 radical (unpaired) electrons. The van der Waals surface area contributed by atoms with E-state index in [0.717, 1.165) is 48.9 Å². The third-order valence-corrected chi connectivity index (χ3v) is 7.43. The quantitative estimate of drug-likeness (QED) is 0.274. The smallest absolute Gasteiger partial charge is 0.406 e. The van der Waals surface area contributed by atoms with E-state index in [9.17, 15) is 22.8 Å². The predicted octanol–water partition coefficient (Wildman–Crippen LogP) is 5.85. The van der Waals surface area contributed by atoms with Gasteiger partial charge in [-0.15, -0.1) is 24.9 Å². The van der Waals surface area contributed by atoms with Gasteiger partial charge in [-0.1, -0.05) is 37.2 Å². The number of aryl methyl sites for hydroxylation is 2. The van der Waals surface area contributed by atoms with E-state index < -0.39 is 12.1 Å². The predicted molar refractivity (Wildman–Crippen MR) is 135 cm³/mol. The second kappa shape index (κ2) is 11.4. The van der Waals surface area contributed by atoms with Gasteiger partial charge in [-0.3, -0.25) is 14.2 Å². The van der Waals surface area contributed by atoms with Crippen molar-refractivity contribution in [3.63, 3.8) is 0 Å². The number of thioether (sulfide) groups is 2. The molecule has 0 saturated heterocycles. The molecule has 3 aromatic rings. The van der Waals surface area contributed by atoms with Gasteiger partial charge in [-0.2, -0.15) is 0 Å². The van der Waals surface area contributed by atoms with Crippen molar-refractivity contribution in [1.29, 1.82) is 0 Å². The molecular formula is C25H24F3N3O3S2. The fraction of sp³-hybridized carbons (Fsp3) is 0.320. The molecule has 1 aliphatic heterocycles. The highest BCUT2D eigenvalue weighted by atomic mass is 32.2. The number of nitrogens with one attached hydrogen (secondary N) is 1. The van der Waals surface area contributed by atoms with Crippen LogP contribution >= 0.6 is 23.5 Å². The molecule has 6 nitrogen and oxygen atoms in total. The molecule has 0 atom stereocenters. The maximum absolute atomic E-state index is 13.2. The van der Waals surface area contributed by atoms with Crippen LogP contribution in [0.15, 0.2) is 63.4 Å². The lowest BCUT2D eigenvalue weighted by molar-refractivity contribution is -0.274. The van der Waals surface area contributed by atoms with E-state index in [2.05, 4.69) is 22.0 Å². The van der Waals surface area contributed by atoms with Crippen molar-refractivity contribution in [1.82, 2.24) is 9.55 Å². The summed E-state index contributed by atoms with van der Waals surface area (Å²) in [6.45, 7) is 2.14. The molecule has 190 valence electrons. The summed E-state index contributed by atoms with van der Waals surface area (Å²) in [5, 5.41) is 3.15. The van der Waals surface area contributed by atoms with Crippen LogP contribution in [0.25, 0.3) is 5.69 Å². The summed E-state index contributed by atoms with van der Waals surface area (Å²) >= 11 is 2.49. The average molecular weight is 536 g/mol. The highest BCUT2D eigenvalue weighted by Crippen LogP contribution is 2.31. The first kappa shape index (κ1) is 26.2. The van der Waals surface area contributed by atoms with Gasteiger partial charge >= 0.3 is 6.36 Å². The minimum absolute atomic E-state index is 0.00518. The number of unbranched alkanes of at least 4 members (excludes halogenated alkanes) is 1. The van der Waals surface area contributed by atoms with Crippen LogP contribution in [0.2, 0.25) is 0 Å². The minimum atomic E-state index is -4.81. The van der Waals surface area contributed by atoms with Crippen molar-refractivity contribution in [2.45, 2.75) is 49.0 Å². The van der Waals surface area contributed by atoms with Crippen molar-refractivity contribution < 1.29 is 22.7 Å². The van der Waals surface area contributed by atoms with Crippen LogP contribution in [-0.4, -0.2) is 33.3 Å². The van der Waals surface area contributed by atoms with Gasteiger partial charge in [-0.25, -0.2) is 4.98 Å². The van der Waals surface area contributed by atoms with E-state index in [-0.39, 0.29) is 17.2 Å². The maximum atomic E-state index is 13.2. The van der Waals surface area contributed by atoms with Gasteiger partial charge in [0.05, 0.1) is 22.0 Å². The SMILES string of the molecule is CCCCc1ccc(NC(=O)CSc2nc3c(c(=O)n2-c2ccc(OC(F)(F)F)cc2)SCC3)cc1. The van der Waals surface area contributed by atoms with Crippen LogP contribution in [-0.2, 0) is 17.6 Å². The van der Waals surface area contributed by atoms with E-state index in [1.807, 2.05) is 24.3 Å². The molecule has 11 heteroatoms. The lowest BCUT2D eigenvalue weighted by atomic mass is 10.1. The number of amides is 1. The number of hydrogen-bond donors (Lipinski definition) is 1. The van der Waals surface area contributed by atoms with Gasteiger partial charge in [0.15, 0.2) is 5.16 Å². The summed E-state index contributed by atoms with van der Waals surface area (Å²) < 4.78 is 42.8. The molecule has 1 aliphatic rings. The first-order valence-corrected chi connectivity index (χ1v) is 13.4. The molecule has 2 heterocycles. The van der Waals surface area contributed by atoms with Gasteiger partial charge in [0, 0.05) is 17.9 Å². The Hall–Kier alpha value is -2.92. The topological polar surface area (TPSA) is 73.2 Å². The first-order valence-electron chi connectivity index (χ1n) is 11.4. The Morgan fingerprint density at radius 2 is 1.89 bits per heavy atom. The molecule has 1 N–H and O–H groups in total. The van der Waals surface area contributed by atoms with Gasteiger partial charge < -0.3 is 10.1 Å². The van der Waals surface area contributed by atoms with Gasteiger partial charge in [0.25, 0.3) is 5.56 Å². The van der Waals surface area contributed by atoms with Crippen molar-refractivity contribution in [3.05, 3.63) is 70.1 Å². The average Bonchev–Trinajstić information content (AvgIpc) is 3.31. The molecule has 4 rings (SSSR count). The third kappa shape index (κ3) is 6.64. The standard InChI is InChI=1S/C25H24F3N3O3S2/c1-2-3-4-16-5-7-17(8-6-16)29-21(32)15-36-24-30-20-13-14-35-22(20)23(33)31(24)18-9-11-19(12-10-18)34-25(26,27)28/h5-12H,2-4,13-15H2,1H3,(H,29,32). The normalized spacial score (nSPS) is 12.9. The third-order valence-electron chi connectivity index (χ3n) is 5.38. The van der Waals surface area contributed by atoms with Crippen molar-refractivity contribution >= 4 is 35.1 Å². The number of ether oxygens (including phenoxy) is 1. The summed E-state index contributed by atoms with van der Waals surface area (Å²) in [7, 11) is 0. The van der Waals surface area contributed by atoms with Crippen LogP contribution < -0.4 is 15.6 Å². The zero-order valence-electron chi connectivity index (χ0n) is 19.4. The molecule has 0 saturated carbocycles. The maximum Gasteiger partial charge on any atom is 0.573 e. The number of halogens is 3. The second-order valence-electron chi connectivity index (χ2n) is 8.09. The number of hydrogen-bond acceptors (Lipinski definition) is 6. The van der Waals surface area contributed by atoms with Crippen molar-refractivity contribution in [3.8, 4) is 11.4 Å². The molecule has 1 aromatic heterocycles. The zero-order chi connectivity index (χ0) is 25.7. The Kier molecular flexibility index (Phi) is 8.30. The van der Waals surface area contributed by atoms with E-state index >= 15 is 0 Å². The number of anilines is 1. The fourth-order valence-corrected chi connectivity index (χ4v) is 5.53. The number of benzene rings is 2. The highest BCUT2D eigenvalue weighted by molar-refractivity contribution is 8.00. The second-order valence-corrected chi connectivity index (χ2v) is 10.1. The number of carbonyl (C=O) groups is 1. The Labute approximate surface area is 214 Å². The van der Waals surface area contributed by atoms with E-state index in [1.54, 1.807) is 0 Å². The number of alkyl halides is 3. The Morgan fingerprint density at radius 3 is 2.56 bits per heavy atom. The summed E-state index contributed by atoms with van der Waals surface area (Å²) in [6.07, 6.45) is -0.966. The van der Waals surface area contributed by atoms with Crippen LogP contribution in [0.1, 0.15) is 31.0 Å². The van der Waals surface area contributed by atoms with Crippen LogP contribution in [0, 0.1) is 0 Å². The van der Waals surface area contributed by atoms with Crippen molar-refractivity contribution in [2.24, 2.45) is 0 Å². The lowest BCUT2D eigenvalue weighted by Gasteiger charge is -2.15. The number of aromatic nitrogens is 2. The Balaban J connectivity index is 1.51. The largest absolute Gasteiger partial charge is 0.573 e. The summed E-state index contributed by atoms with van der Waals surface area (Å²) in [6, 6.07) is 12.7. The van der Waals surface area contributed by atoms with Crippen LogP contribution in [0.4, 0.5) is 18.9 Å². The monoisotopic (exact) mass is 535 g/mol. The van der Waals surface area contributed by atoms with Gasteiger partial charge in [0.2, 0.25) is 5.91 Å². The highest BCUT2D eigenvalue weighted by Gasteiger charge is 2.31. The molecule has 1 amide bonds. The molecule has 2 aromatic carbocycles. The summed E-state index contributed by atoms with van der Waals surface area (Å²) in [4.78, 5) is 30.9. The molecule has 0 unspecified atom stereocenters. The number of rotatable bonds is 9. The summed E-state index contributed by atoms with van der Waals surface area (Å²) in [5.74, 6) is 0.0762. The Bertz CT molecular complexity index is 1280.